The number of nitrogens with one attached hydrogen (secondary N) is 1. The lowest BCUT2D eigenvalue weighted by molar-refractivity contribution is -0.136. The summed E-state index contributed by atoms with van der Waals surface area (Å²) in [5, 5.41) is -0.0998. The minimum atomic E-state index is -4.56. The van der Waals surface area contributed by atoms with Crippen LogP contribution in [0.3, 0.4) is 0 Å². The maximum absolute atomic E-state index is 12.8. The van der Waals surface area contributed by atoms with Crippen LogP contribution >= 0.6 is 0 Å². The van der Waals surface area contributed by atoms with Gasteiger partial charge in [-0.3, -0.25) is 4.79 Å². The van der Waals surface area contributed by atoms with Gasteiger partial charge in [0.25, 0.3) is 5.56 Å². The zero-order valence-corrected chi connectivity index (χ0v) is 8.51. The summed E-state index contributed by atoms with van der Waals surface area (Å²) in [5.74, 6) is 0. The molecule has 0 aliphatic heterocycles. The highest BCUT2D eigenvalue weighted by atomic mass is 19.4. The first-order chi connectivity index (χ1) is 7.93. The number of benzene rings is 1. The maximum atomic E-state index is 12.8. The van der Waals surface area contributed by atoms with E-state index < -0.39 is 17.3 Å². The maximum Gasteiger partial charge on any atom is 0.418 e. The van der Waals surface area contributed by atoms with E-state index in [0.717, 1.165) is 12.4 Å². The number of nitrogens with zero attached hydrogens (tertiary/aromatic N) is 1. The van der Waals surface area contributed by atoms with Gasteiger partial charge in [-0.05, 0) is 17.7 Å². The molecule has 2 aromatic rings. The molecule has 6 heteroatoms. The van der Waals surface area contributed by atoms with E-state index in [1.165, 1.54) is 12.1 Å². The van der Waals surface area contributed by atoms with E-state index in [1.54, 1.807) is 0 Å². The fraction of sp³-hybridized carbons (Fsp3) is 0.0909. The minimum Gasteiger partial charge on any atom is -0.313 e. The summed E-state index contributed by atoms with van der Waals surface area (Å²) in [6.07, 6.45) is -2.35. The van der Waals surface area contributed by atoms with Crippen LogP contribution in [0, 0.1) is 0 Å². The van der Waals surface area contributed by atoms with Crippen molar-refractivity contribution in [2.75, 3.05) is 0 Å². The number of halogens is 3. The molecule has 0 aliphatic carbocycles. The van der Waals surface area contributed by atoms with Crippen molar-refractivity contribution < 1.29 is 13.2 Å². The van der Waals surface area contributed by atoms with Gasteiger partial charge in [0.15, 0.2) is 0 Å². The molecule has 0 fully saturated rings. The molecular weight excluding hydrogens is 233 g/mol. The summed E-state index contributed by atoms with van der Waals surface area (Å²) in [4.78, 5) is 17.2. The molecular formula is C11H7F3N2O. The molecule has 2 rings (SSSR count). The fourth-order valence-electron chi connectivity index (χ4n) is 1.54. The van der Waals surface area contributed by atoms with E-state index in [0.29, 0.717) is 0 Å². The summed E-state index contributed by atoms with van der Waals surface area (Å²) in [6.45, 7) is 3.39. The number of hydrogen-bond donors (Lipinski definition) is 1. The van der Waals surface area contributed by atoms with Crippen LogP contribution in [0.25, 0.3) is 17.0 Å². The van der Waals surface area contributed by atoms with Crippen molar-refractivity contribution in [2.24, 2.45) is 0 Å². The smallest absolute Gasteiger partial charge is 0.313 e. The van der Waals surface area contributed by atoms with Crippen molar-refractivity contribution >= 4 is 17.0 Å². The third kappa shape index (κ3) is 1.93. The average molecular weight is 240 g/mol. The first-order valence-corrected chi connectivity index (χ1v) is 4.64. The average Bonchev–Trinajstić information content (AvgIpc) is 2.27. The Morgan fingerprint density at radius 1 is 1.35 bits per heavy atom. The Kier molecular flexibility index (Phi) is 2.49. The summed E-state index contributed by atoms with van der Waals surface area (Å²) in [5.41, 5.74) is -1.67. The molecule has 88 valence electrons. The van der Waals surface area contributed by atoms with E-state index in [-0.39, 0.29) is 16.5 Å². The van der Waals surface area contributed by atoms with Crippen LogP contribution in [0.1, 0.15) is 11.1 Å². The van der Waals surface area contributed by atoms with Gasteiger partial charge in [-0.1, -0.05) is 12.7 Å². The molecule has 0 aliphatic rings. The molecule has 0 atom stereocenters. The topological polar surface area (TPSA) is 45.8 Å². The van der Waals surface area contributed by atoms with Crippen LogP contribution < -0.4 is 5.56 Å². The molecule has 17 heavy (non-hydrogen) atoms. The molecule has 0 bridgehead atoms. The summed E-state index contributed by atoms with van der Waals surface area (Å²) in [6, 6.07) is 2.24. The lowest BCUT2D eigenvalue weighted by atomic mass is 10.1. The van der Waals surface area contributed by atoms with E-state index in [4.69, 9.17) is 0 Å². The largest absolute Gasteiger partial charge is 0.418 e. The highest BCUT2D eigenvalue weighted by molar-refractivity contribution is 5.84. The van der Waals surface area contributed by atoms with Crippen LogP contribution in [0.4, 0.5) is 13.2 Å². The third-order valence-corrected chi connectivity index (χ3v) is 2.31. The summed E-state index contributed by atoms with van der Waals surface area (Å²) in [7, 11) is 0. The molecule has 0 saturated carbocycles. The molecule has 0 amide bonds. The number of aromatic nitrogens is 2. The van der Waals surface area contributed by atoms with E-state index in [9.17, 15) is 18.0 Å². The Bertz CT molecular complexity index is 643. The monoisotopic (exact) mass is 240 g/mol. The van der Waals surface area contributed by atoms with Gasteiger partial charge in [0.05, 0.1) is 22.8 Å². The Labute approximate surface area is 93.6 Å². The molecule has 0 radical (unpaired) electrons. The molecule has 1 heterocycles. The van der Waals surface area contributed by atoms with Gasteiger partial charge in [-0.2, -0.15) is 13.2 Å². The number of rotatable bonds is 1. The Balaban J connectivity index is 2.96. The molecule has 0 spiro atoms. The van der Waals surface area contributed by atoms with Crippen molar-refractivity contribution in [3.8, 4) is 0 Å². The zero-order valence-electron chi connectivity index (χ0n) is 8.51. The second-order valence-corrected chi connectivity index (χ2v) is 3.40. The van der Waals surface area contributed by atoms with Crippen LogP contribution in [-0.4, -0.2) is 9.97 Å². The predicted molar refractivity (Wildman–Crippen MR) is 57.5 cm³/mol. The summed E-state index contributed by atoms with van der Waals surface area (Å²) < 4.78 is 38.3. The predicted octanol–water partition coefficient (Wildman–Crippen LogP) is 2.58. The van der Waals surface area contributed by atoms with Gasteiger partial charge < -0.3 is 4.98 Å². The normalized spacial score (nSPS) is 11.7. The SMILES string of the molecule is C=Cc1cc(C(F)(F)F)c2nc[nH]c(=O)c2c1. The van der Waals surface area contributed by atoms with E-state index in [1.807, 2.05) is 0 Å². The Hall–Kier alpha value is -2.11. The van der Waals surface area contributed by atoms with Gasteiger partial charge in [0.2, 0.25) is 0 Å². The van der Waals surface area contributed by atoms with E-state index in [2.05, 4.69) is 16.5 Å². The first kappa shape index (κ1) is 11.4. The summed E-state index contributed by atoms with van der Waals surface area (Å²) >= 11 is 0. The number of aromatic amines is 1. The molecule has 1 N–H and O–H groups in total. The number of alkyl halides is 3. The number of H-pyrrole nitrogens is 1. The minimum absolute atomic E-state index is 0.0998. The van der Waals surface area contributed by atoms with E-state index >= 15 is 0 Å². The number of hydrogen-bond acceptors (Lipinski definition) is 2. The Morgan fingerprint density at radius 3 is 2.65 bits per heavy atom. The van der Waals surface area contributed by atoms with Crippen molar-refractivity contribution in [3.63, 3.8) is 0 Å². The Morgan fingerprint density at radius 2 is 2.06 bits per heavy atom. The lowest BCUT2D eigenvalue weighted by Crippen LogP contribution is -2.12. The van der Waals surface area contributed by atoms with Crippen LogP contribution in [0.2, 0.25) is 0 Å². The highest BCUT2D eigenvalue weighted by Crippen LogP contribution is 2.34. The zero-order chi connectivity index (χ0) is 12.6. The quantitative estimate of drug-likeness (QED) is 0.832. The third-order valence-electron chi connectivity index (χ3n) is 2.31. The van der Waals surface area contributed by atoms with Gasteiger partial charge in [-0.15, -0.1) is 0 Å². The second kappa shape index (κ2) is 3.73. The van der Waals surface area contributed by atoms with Crippen molar-refractivity contribution in [2.45, 2.75) is 6.18 Å². The van der Waals surface area contributed by atoms with Gasteiger partial charge in [0.1, 0.15) is 0 Å². The molecule has 1 aromatic carbocycles. The van der Waals surface area contributed by atoms with Crippen molar-refractivity contribution in [1.82, 2.24) is 9.97 Å². The van der Waals surface area contributed by atoms with Crippen LogP contribution in [0.5, 0.6) is 0 Å². The second-order valence-electron chi connectivity index (χ2n) is 3.40. The van der Waals surface area contributed by atoms with Gasteiger partial charge in [-0.25, -0.2) is 4.98 Å². The number of fused-ring (bicyclic) bond motifs is 1. The van der Waals surface area contributed by atoms with Crippen molar-refractivity contribution in [3.05, 3.63) is 46.5 Å². The van der Waals surface area contributed by atoms with Crippen molar-refractivity contribution in [1.29, 1.82) is 0 Å². The van der Waals surface area contributed by atoms with Crippen LogP contribution in [0.15, 0.2) is 29.8 Å². The lowest BCUT2D eigenvalue weighted by Gasteiger charge is -2.10. The highest BCUT2D eigenvalue weighted by Gasteiger charge is 2.33. The standard InChI is InChI=1S/C11H7F3N2O/c1-2-6-3-7-9(15-5-16-10(7)17)8(4-6)11(12,13)14/h2-5H,1H2,(H,15,16,17). The fourth-order valence-corrected chi connectivity index (χ4v) is 1.54. The van der Waals surface area contributed by atoms with Crippen LogP contribution in [-0.2, 0) is 6.18 Å². The van der Waals surface area contributed by atoms with Gasteiger partial charge in [0, 0.05) is 0 Å². The van der Waals surface area contributed by atoms with Gasteiger partial charge >= 0.3 is 6.18 Å². The molecule has 1 aromatic heterocycles. The molecule has 3 nitrogen and oxygen atoms in total. The molecule has 0 saturated heterocycles. The molecule has 0 unspecified atom stereocenters. The first-order valence-electron chi connectivity index (χ1n) is 4.64.